The van der Waals surface area contributed by atoms with Crippen LogP contribution in [0, 0.1) is 24.3 Å². The van der Waals surface area contributed by atoms with E-state index in [1.165, 1.54) is 19.7 Å². The van der Waals surface area contributed by atoms with E-state index < -0.39 is 6.97 Å². The summed E-state index contributed by atoms with van der Waals surface area (Å²) in [4.78, 5) is 0. The third-order valence-electron chi connectivity index (χ3n) is 9.12. The molecule has 0 saturated heterocycles. The zero-order chi connectivity index (χ0) is 25.0. The SMILES string of the molecule is CC1=c2c3c4cccc5cccc(c=3c(C)[n+]2[B-](F)(F)n2c(C)c3c(c21)-c1cccc2cccc-3c12)c54. The number of fused-ring (bicyclic) bond motifs is 9. The van der Waals surface area contributed by atoms with Crippen molar-refractivity contribution in [3.63, 3.8) is 0 Å². The number of rotatable bonds is 0. The largest absolute Gasteiger partial charge is 0.737 e. The van der Waals surface area contributed by atoms with E-state index in [1.807, 2.05) is 45.0 Å². The fraction of sp³-hybridized carbons (Fsp3) is 0.0938. The Hall–Kier alpha value is -4.25. The molecular weight excluding hydrogens is 461 g/mol. The molecule has 2 nitrogen and oxygen atoms in total. The summed E-state index contributed by atoms with van der Waals surface area (Å²) in [5, 5.41) is 9.33. The van der Waals surface area contributed by atoms with E-state index in [0.717, 1.165) is 59.8 Å². The highest BCUT2D eigenvalue weighted by atomic mass is 19.2. The number of aromatic nitrogens is 2. The van der Waals surface area contributed by atoms with Gasteiger partial charge < -0.3 is 17.6 Å². The average molecular weight is 482 g/mol. The molecule has 5 aromatic rings. The highest BCUT2D eigenvalue weighted by molar-refractivity contribution is 6.56. The third-order valence-corrected chi connectivity index (χ3v) is 9.12. The molecule has 0 spiro atoms. The number of hydrogen-bond donors (Lipinski definition) is 0. The average Bonchev–Trinajstić information content (AvgIpc) is 3.59. The van der Waals surface area contributed by atoms with Crippen molar-refractivity contribution in [3.05, 3.63) is 106 Å². The maximum absolute atomic E-state index is 16.9. The van der Waals surface area contributed by atoms with Crippen molar-refractivity contribution in [1.29, 1.82) is 0 Å². The highest BCUT2D eigenvalue weighted by Gasteiger charge is 2.53. The summed E-state index contributed by atoms with van der Waals surface area (Å²) in [7, 11) is 0. The first kappa shape index (κ1) is 19.9. The van der Waals surface area contributed by atoms with Gasteiger partial charge in [-0.3, -0.25) is 0 Å². The van der Waals surface area contributed by atoms with Crippen molar-refractivity contribution in [2.24, 2.45) is 0 Å². The van der Waals surface area contributed by atoms with Crippen molar-refractivity contribution < 1.29 is 13.1 Å². The molecule has 176 valence electrons. The van der Waals surface area contributed by atoms with E-state index in [2.05, 4.69) is 48.5 Å². The second-order valence-corrected chi connectivity index (χ2v) is 10.7. The quantitative estimate of drug-likeness (QED) is 0.213. The molecule has 0 radical (unpaired) electrons. The van der Waals surface area contributed by atoms with Gasteiger partial charge in [-0.05, 0) is 63.0 Å². The van der Waals surface area contributed by atoms with Crippen LogP contribution in [0.15, 0.2) is 72.8 Å². The van der Waals surface area contributed by atoms with Crippen molar-refractivity contribution in [1.82, 2.24) is 4.48 Å². The maximum Gasteiger partial charge on any atom is 0.737 e. The second-order valence-electron chi connectivity index (χ2n) is 10.7. The molecule has 0 amide bonds. The van der Waals surface area contributed by atoms with Gasteiger partial charge in [-0.15, -0.1) is 0 Å². The molecule has 3 heterocycles. The lowest BCUT2D eigenvalue weighted by atomic mass is 9.88. The molecule has 4 aromatic carbocycles. The van der Waals surface area contributed by atoms with Crippen molar-refractivity contribution >= 4 is 44.9 Å². The Bertz CT molecular complexity index is 2300. The van der Waals surface area contributed by atoms with E-state index in [1.54, 1.807) is 0 Å². The first-order valence-corrected chi connectivity index (χ1v) is 12.8. The molecule has 2 aliphatic carbocycles. The predicted molar refractivity (Wildman–Crippen MR) is 146 cm³/mol. The Morgan fingerprint density at radius 2 is 1.24 bits per heavy atom. The Balaban J connectivity index is 1.56. The van der Waals surface area contributed by atoms with Gasteiger partial charge in [0, 0.05) is 29.3 Å². The lowest BCUT2D eigenvalue weighted by molar-refractivity contribution is -0.588. The molecule has 1 aromatic heterocycles. The third kappa shape index (κ3) is 1.96. The van der Waals surface area contributed by atoms with Crippen LogP contribution in [0.5, 0.6) is 0 Å². The molecule has 0 N–H and O–H groups in total. The van der Waals surface area contributed by atoms with Gasteiger partial charge in [0.25, 0.3) is 0 Å². The van der Waals surface area contributed by atoms with Crippen LogP contribution in [-0.2, 0) is 0 Å². The lowest BCUT2D eigenvalue weighted by Crippen LogP contribution is -2.74. The number of benzene rings is 4. The molecule has 5 heteroatoms. The van der Waals surface area contributed by atoms with Crippen LogP contribution in [0.1, 0.15) is 24.0 Å². The summed E-state index contributed by atoms with van der Waals surface area (Å²) in [5.41, 5.74) is 6.88. The number of hydrogen-bond acceptors (Lipinski definition) is 0. The minimum atomic E-state index is -4.10. The maximum atomic E-state index is 16.9. The van der Waals surface area contributed by atoms with E-state index in [4.69, 9.17) is 0 Å². The Morgan fingerprint density at radius 3 is 1.92 bits per heavy atom. The molecule has 0 unspecified atom stereocenters. The van der Waals surface area contributed by atoms with Crippen LogP contribution in [0.3, 0.4) is 0 Å². The van der Waals surface area contributed by atoms with Gasteiger partial charge in [0.1, 0.15) is 5.69 Å². The lowest BCUT2D eigenvalue weighted by Gasteiger charge is -2.29. The number of halogens is 2. The van der Waals surface area contributed by atoms with E-state index >= 15 is 8.63 Å². The van der Waals surface area contributed by atoms with Crippen molar-refractivity contribution in [2.75, 3.05) is 0 Å². The van der Waals surface area contributed by atoms with Crippen LogP contribution in [0.4, 0.5) is 8.63 Å². The Labute approximate surface area is 211 Å². The van der Waals surface area contributed by atoms with Gasteiger partial charge in [-0.1, -0.05) is 72.8 Å². The van der Waals surface area contributed by atoms with Gasteiger partial charge in [-0.2, -0.15) is 0 Å². The summed E-state index contributed by atoms with van der Waals surface area (Å²) in [6.07, 6.45) is 0. The van der Waals surface area contributed by atoms with Gasteiger partial charge in [0.15, 0.2) is 5.35 Å². The summed E-state index contributed by atoms with van der Waals surface area (Å²) in [6.45, 7) is 1.67. The molecule has 0 bridgehead atoms. The zero-order valence-electron chi connectivity index (χ0n) is 20.7. The van der Waals surface area contributed by atoms with Crippen LogP contribution in [0.2, 0.25) is 0 Å². The Morgan fingerprint density at radius 1 is 0.676 bits per heavy atom. The highest BCUT2D eigenvalue weighted by Crippen LogP contribution is 2.53. The van der Waals surface area contributed by atoms with Crippen molar-refractivity contribution in [3.8, 4) is 22.3 Å². The Kier molecular flexibility index (Phi) is 3.22. The minimum absolute atomic E-state index is 0.638. The molecule has 0 fully saturated rings. The topological polar surface area (TPSA) is 8.81 Å². The molecule has 0 saturated carbocycles. The number of nitrogens with zero attached hydrogens (tertiary/aromatic N) is 2. The van der Waals surface area contributed by atoms with E-state index in [0.29, 0.717) is 22.4 Å². The minimum Gasteiger partial charge on any atom is -0.393 e. The summed E-state index contributed by atoms with van der Waals surface area (Å²) in [5.74, 6) is 0. The smallest absolute Gasteiger partial charge is 0.393 e. The molecular formula is C32H21BF2N2. The van der Waals surface area contributed by atoms with Crippen LogP contribution in [-0.4, -0.2) is 11.4 Å². The monoisotopic (exact) mass is 482 g/mol. The van der Waals surface area contributed by atoms with E-state index in [-0.39, 0.29) is 0 Å². The molecule has 9 rings (SSSR count). The van der Waals surface area contributed by atoms with Crippen molar-refractivity contribution in [2.45, 2.75) is 20.8 Å². The van der Waals surface area contributed by atoms with Crippen LogP contribution in [0.25, 0.3) is 60.1 Å². The fourth-order valence-corrected chi connectivity index (χ4v) is 7.86. The summed E-state index contributed by atoms with van der Waals surface area (Å²) >= 11 is 0. The van der Waals surface area contributed by atoms with Gasteiger partial charge >= 0.3 is 6.97 Å². The standard InChI is InChI=1S/C32H21BF2N2/c1-16-31-29-23-14-6-10-19-8-4-12-21(27(19)23)25(29)17(2)36(31)33(34,35)37-18(3)26-22-13-5-9-20-11-7-15-24(28(20)22)30(26)32(16)37/h4-15H,1-3H3. The molecule has 4 aliphatic rings. The van der Waals surface area contributed by atoms with Gasteiger partial charge in [0.05, 0.1) is 10.4 Å². The van der Waals surface area contributed by atoms with Gasteiger partial charge in [0.2, 0.25) is 0 Å². The summed E-state index contributed by atoms with van der Waals surface area (Å²) < 4.78 is 36.5. The van der Waals surface area contributed by atoms with E-state index in [9.17, 15) is 0 Å². The first-order chi connectivity index (χ1) is 17.9. The zero-order valence-corrected chi connectivity index (χ0v) is 20.7. The van der Waals surface area contributed by atoms with Crippen LogP contribution < -0.4 is 9.83 Å². The summed E-state index contributed by atoms with van der Waals surface area (Å²) in [6, 6.07) is 24.9. The normalized spacial score (nSPS) is 15.3. The molecule has 37 heavy (non-hydrogen) atoms. The van der Waals surface area contributed by atoms with Gasteiger partial charge in [-0.25, -0.2) is 0 Å². The molecule has 0 atom stereocenters. The molecule has 2 aliphatic heterocycles. The van der Waals surface area contributed by atoms with Crippen LogP contribution >= 0.6 is 0 Å². The first-order valence-electron chi connectivity index (χ1n) is 12.8. The fourth-order valence-electron chi connectivity index (χ4n) is 7.86. The second kappa shape index (κ2) is 6.00. The predicted octanol–water partition coefficient (Wildman–Crippen LogP) is 6.68.